The average Bonchev–Trinajstić information content (AvgIpc) is 2.73. The van der Waals surface area contributed by atoms with Gasteiger partial charge in [-0.15, -0.1) is 0 Å². The Labute approximate surface area is 176 Å². The van der Waals surface area contributed by atoms with Crippen LogP contribution >= 0.6 is 0 Å². The number of rotatable bonds is 10. The van der Waals surface area contributed by atoms with Crippen molar-refractivity contribution in [3.63, 3.8) is 0 Å². The van der Waals surface area contributed by atoms with E-state index in [1.54, 1.807) is 26.0 Å². The van der Waals surface area contributed by atoms with Crippen molar-refractivity contribution in [3.8, 4) is 5.75 Å². The van der Waals surface area contributed by atoms with Crippen LogP contribution in [0.25, 0.3) is 0 Å². The summed E-state index contributed by atoms with van der Waals surface area (Å²) in [6, 6.07) is 13.0. The summed E-state index contributed by atoms with van der Waals surface area (Å²) in [6.45, 7) is 5.34. The van der Waals surface area contributed by atoms with Gasteiger partial charge in [0.2, 0.25) is 10.0 Å². The predicted molar refractivity (Wildman–Crippen MR) is 113 cm³/mol. The summed E-state index contributed by atoms with van der Waals surface area (Å²) < 4.78 is 36.5. The molecule has 1 N–H and O–H groups in total. The Kier molecular flexibility index (Phi) is 8.37. The minimum absolute atomic E-state index is 0.143. The first kappa shape index (κ1) is 23.4. The molecule has 0 aliphatic rings. The van der Waals surface area contributed by atoms with Crippen LogP contribution in [0.15, 0.2) is 53.4 Å². The van der Waals surface area contributed by atoms with Gasteiger partial charge in [-0.05, 0) is 42.8 Å². The van der Waals surface area contributed by atoms with Gasteiger partial charge in [0.25, 0.3) is 5.91 Å². The highest BCUT2D eigenvalue weighted by Gasteiger charge is 2.21. The molecule has 0 fully saturated rings. The minimum atomic E-state index is -3.56. The van der Waals surface area contributed by atoms with Gasteiger partial charge in [-0.3, -0.25) is 4.79 Å². The molecule has 30 heavy (non-hydrogen) atoms. The first-order valence-electron chi connectivity index (χ1n) is 9.52. The lowest BCUT2D eigenvalue weighted by molar-refractivity contribution is -0.149. The normalized spacial score (nSPS) is 11.2. The topological polar surface area (TPSA) is 102 Å². The number of sulfonamides is 1. The van der Waals surface area contributed by atoms with E-state index in [1.807, 2.05) is 19.1 Å². The van der Waals surface area contributed by atoms with Gasteiger partial charge in [0.15, 0.2) is 13.2 Å². The first-order valence-corrected chi connectivity index (χ1v) is 11.0. The number of amides is 1. The number of hydrogen-bond donors (Lipinski definition) is 1. The Morgan fingerprint density at radius 2 is 1.60 bits per heavy atom. The lowest BCUT2D eigenvalue weighted by Crippen LogP contribution is -2.30. The Morgan fingerprint density at radius 3 is 2.20 bits per heavy atom. The molecule has 0 saturated carbocycles. The van der Waals surface area contributed by atoms with Gasteiger partial charge in [-0.25, -0.2) is 13.2 Å². The number of anilines is 1. The monoisotopic (exact) mass is 434 g/mol. The Balaban J connectivity index is 1.83. The third-order valence-corrected chi connectivity index (χ3v) is 6.35. The number of carbonyl (C=O) groups is 2. The third kappa shape index (κ3) is 6.30. The van der Waals surface area contributed by atoms with Gasteiger partial charge in [0.05, 0.1) is 4.90 Å². The number of nitrogens with zero attached hydrogens (tertiary/aromatic N) is 1. The first-order chi connectivity index (χ1) is 14.3. The van der Waals surface area contributed by atoms with Gasteiger partial charge < -0.3 is 14.8 Å². The zero-order valence-electron chi connectivity index (χ0n) is 17.3. The molecule has 0 spiro atoms. The highest BCUT2D eigenvalue weighted by Crippen LogP contribution is 2.18. The lowest BCUT2D eigenvalue weighted by Gasteiger charge is -2.18. The highest BCUT2D eigenvalue weighted by molar-refractivity contribution is 7.89. The van der Waals surface area contributed by atoms with Crippen LogP contribution in [0.1, 0.15) is 19.4 Å². The van der Waals surface area contributed by atoms with E-state index < -0.39 is 28.5 Å². The minimum Gasteiger partial charge on any atom is -0.482 e. The summed E-state index contributed by atoms with van der Waals surface area (Å²) in [5.74, 6) is -0.647. The van der Waals surface area contributed by atoms with Crippen molar-refractivity contribution < 1.29 is 27.5 Å². The Hall–Kier alpha value is -2.91. The quantitative estimate of drug-likeness (QED) is 0.577. The van der Waals surface area contributed by atoms with E-state index in [-0.39, 0.29) is 11.5 Å². The zero-order valence-corrected chi connectivity index (χ0v) is 18.1. The maximum Gasteiger partial charge on any atom is 0.344 e. The van der Waals surface area contributed by atoms with Crippen molar-refractivity contribution in [3.05, 3.63) is 54.1 Å². The highest BCUT2D eigenvalue weighted by atomic mass is 32.2. The van der Waals surface area contributed by atoms with Crippen LogP contribution in [0.2, 0.25) is 0 Å². The van der Waals surface area contributed by atoms with Crippen LogP contribution in [0, 0.1) is 6.92 Å². The predicted octanol–water partition coefficient (Wildman–Crippen LogP) is 2.59. The number of hydrogen-bond acceptors (Lipinski definition) is 6. The van der Waals surface area contributed by atoms with E-state index in [0.717, 1.165) is 5.56 Å². The van der Waals surface area contributed by atoms with E-state index in [9.17, 15) is 18.0 Å². The van der Waals surface area contributed by atoms with Crippen LogP contribution in [-0.2, 0) is 24.3 Å². The molecule has 2 rings (SSSR count). The average molecular weight is 435 g/mol. The van der Waals surface area contributed by atoms with Crippen molar-refractivity contribution in [1.82, 2.24) is 4.31 Å². The summed E-state index contributed by atoms with van der Waals surface area (Å²) >= 11 is 0. The fraction of sp³-hybridized carbons (Fsp3) is 0.333. The summed E-state index contributed by atoms with van der Waals surface area (Å²) in [7, 11) is -3.56. The molecule has 0 aliphatic carbocycles. The maximum absolute atomic E-state index is 12.5. The number of para-hydroxylation sites is 1. The third-order valence-electron chi connectivity index (χ3n) is 4.28. The van der Waals surface area contributed by atoms with Crippen molar-refractivity contribution in [2.75, 3.05) is 31.6 Å². The summed E-state index contributed by atoms with van der Waals surface area (Å²) in [6.07, 6.45) is 0. The zero-order chi connectivity index (χ0) is 22.1. The summed E-state index contributed by atoms with van der Waals surface area (Å²) in [5, 5.41) is 2.55. The van der Waals surface area contributed by atoms with Gasteiger partial charge in [0, 0.05) is 18.8 Å². The number of ether oxygens (including phenoxy) is 2. The van der Waals surface area contributed by atoms with E-state index in [4.69, 9.17) is 9.47 Å². The van der Waals surface area contributed by atoms with E-state index in [2.05, 4.69) is 5.32 Å². The summed E-state index contributed by atoms with van der Waals surface area (Å²) in [5.41, 5.74) is 1.28. The second-order valence-electron chi connectivity index (χ2n) is 6.38. The van der Waals surface area contributed by atoms with E-state index >= 15 is 0 Å². The van der Waals surface area contributed by atoms with Gasteiger partial charge >= 0.3 is 5.97 Å². The van der Waals surface area contributed by atoms with Crippen molar-refractivity contribution in [2.45, 2.75) is 25.7 Å². The van der Waals surface area contributed by atoms with E-state index in [1.165, 1.54) is 28.6 Å². The molecule has 0 saturated heterocycles. The second-order valence-corrected chi connectivity index (χ2v) is 8.31. The number of nitrogens with one attached hydrogen (secondary N) is 1. The molecule has 0 radical (unpaired) electrons. The molecular weight excluding hydrogens is 408 g/mol. The Bertz CT molecular complexity index is 969. The molecule has 8 nitrogen and oxygen atoms in total. The second kappa shape index (κ2) is 10.7. The molecule has 162 valence electrons. The van der Waals surface area contributed by atoms with Crippen molar-refractivity contribution in [2.24, 2.45) is 0 Å². The fourth-order valence-electron chi connectivity index (χ4n) is 2.66. The molecule has 2 aromatic carbocycles. The molecule has 0 aromatic heterocycles. The molecule has 2 aromatic rings. The number of benzene rings is 2. The number of carbonyl (C=O) groups excluding carboxylic acids is 2. The molecule has 0 heterocycles. The van der Waals surface area contributed by atoms with Gasteiger partial charge in [-0.2, -0.15) is 4.31 Å². The summed E-state index contributed by atoms with van der Waals surface area (Å²) in [4.78, 5) is 23.9. The fourth-order valence-corrected chi connectivity index (χ4v) is 4.12. The standard InChI is InChI=1S/C21H26N2O6S/c1-4-23(5-2)30(26,27)18-12-10-17(11-13-18)22-20(24)14-29-21(25)15-28-19-9-7-6-8-16(19)3/h6-13H,4-5,14-15H2,1-3H3,(H,22,24). The van der Waals surface area contributed by atoms with Crippen molar-refractivity contribution in [1.29, 1.82) is 0 Å². The molecular formula is C21H26N2O6S. The molecule has 1 amide bonds. The smallest absolute Gasteiger partial charge is 0.344 e. The molecule has 0 bridgehead atoms. The van der Waals surface area contributed by atoms with Crippen LogP contribution in [-0.4, -0.2) is 50.9 Å². The molecule has 0 atom stereocenters. The van der Waals surface area contributed by atoms with E-state index in [0.29, 0.717) is 24.5 Å². The SMILES string of the molecule is CCN(CC)S(=O)(=O)c1ccc(NC(=O)COC(=O)COc2ccccc2C)cc1. The Morgan fingerprint density at radius 1 is 0.967 bits per heavy atom. The van der Waals surface area contributed by atoms with Crippen LogP contribution < -0.4 is 10.1 Å². The lowest BCUT2D eigenvalue weighted by atomic mass is 10.2. The molecule has 0 unspecified atom stereocenters. The van der Waals surface area contributed by atoms with Crippen molar-refractivity contribution >= 4 is 27.6 Å². The van der Waals surface area contributed by atoms with Gasteiger partial charge in [0.1, 0.15) is 5.75 Å². The largest absolute Gasteiger partial charge is 0.482 e. The maximum atomic E-state index is 12.5. The number of esters is 1. The molecule has 0 aliphatic heterocycles. The van der Waals surface area contributed by atoms with Crippen LogP contribution in [0.3, 0.4) is 0 Å². The van der Waals surface area contributed by atoms with Crippen LogP contribution in [0.5, 0.6) is 5.75 Å². The van der Waals surface area contributed by atoms with Crippen LogP contribution in [0.4, 0.5) is 5.69 Å². The number of aryl methyl sites for hydroxylation is 1. The molecule has 9 heteroatoms. The van der Waals surface area contributed by atoms with Gasteiger partial charge in [-0.1, -0.05) is 32.0 Å².